The second kappa shape index (κ2) is 10.4. The van der Waals surface area contributed by atoms with Gasteiger partial charge in [-0.3, -0.25) is 0 Å². The van der Waals surface area contributed by atoms with Crippen molar-refractivity contribution >= 4 is 28.5 Å². The molecule has 2 aromatic rings. The van der Waals surface area contributed by atoms with Crippen LogP contribution in [0.2, 0.25) is 0 Å². The molecule has 0 unspecified atom stereocenters. The second-order valence-corrected chi connectivity index (χ2v) is 8.12. The largest absolute Gasteiger partial charge is 0.461 e. The summed E-state index contributed by atoms with van der Waals surface area (Å²) in [6.07, 6.45) is -0.0147. The first-order valence-corrected chi connectivity index (χ1v) is 10.7. The van der Waals surface area contributed by atoms with Crippen molar-refractivity contribution in [2.45, 2.75) is 39.0 Å². The number of piperidine rings is 1. The third kappa shape index (κ3) is 5.48. The molecule has 2 atom stereocenters. The SMILES string of the molecule is CCOC(=O)c1nc(N2CC[C@H](NC(=O)OCc3ccccc3)[C@H](OC)C2)sc1C. The van der Waals surface area contributed by atoms with Gasteiger partial charge in [-0.25, -0.2) is 14.6 Å². The van der Waals surface area contributed by atoms with E-state index in [1.165, 1.54) is 11.3 Å². The number of rotatable bonds is 7. The first-order chi connectivity index (χ1) is 14.5. The zero-order chi connectivity index (χ0) is 21.5. The Morgan fingerprint density at radius 2 is 2.03 bits per heavy atom. The number of amides is 1. The summed E-state index contributed by atoms with van der Waals surface area (Å²) in [5.74, 6) is -0.404. The molecule has 30 heavy (non-hydrogen) atoms. The maximum absolute atomic E-state index is 12.2. The van der Waals surface area contributed by atoms with E-state index in [2.05, 4.69) is 15.2 Å². The van der Waals surface area contributed by atoms with Crippen molar-refractivity contribution in [3.8, 4) is 0 Å². The van der Waals surface area contributed by atoms with Gasteiger partial charge in [0.05, 0.1) is 18.8 Å². The quantitative estimate of drug-likeness (QED) is 0.671. The van der Waals surface area contributed by atoms with Crippen LogP contribution in [0.4, 0.5) is 9.93 Å². The maximum Gasteiger partial charge on any atom is 0.407 e. The lowest BCUT2D eigenvalue weighted by molar-refractivity contribution is 0.0517. The van der Waals surface area contributed by atoms with E-state index in [1.807, 2.05) is 37.3 Å². The number of hydrogen-bond acceptors (Lipinski definition) is 8. The Bertz CT molecular complexity index is 858. The van der Waals surface area contributed by atoms with Crippen molar-refractivity contribution in [2.24, 2.45) is 0 Å². The second-order valence-electron chi connectivity index (χ2n) is 6.94. The predicted molar refractivity (Wildman–Crippen MR) is 114 cm³/mol. The molecule has 162 valence electrons. The third-order valence-electron chi connectivity index (χ3n) is 4.90. The Kier molecular flexibility index (Phi) is 7.64. The van der Waals surface area contributed by atoms with Crippen molar-refractivity contribution in [1.82, 2.24) is 10.3 Å². The van der Waals surface area contributed by atoms with Crippen LogP contribution in [0.3, 0.4) is 0 Å². The molecule has 0 saturated carbocycles. The number of carbonyl (C=O) groups excluding carboxylic acids is 2. The molecule has 0 bridgehead atoms. The van der Waals surface area contributed by atoms with Gasteiger partial charge in [-0.2, -0.15) is 0 Å². The third-order valence-corrected chi connectivity index (χ3v) is 5.93. The number of aromatic nitrogens is 1. The van der Waals surface area contributed by atoms with Crippen LogP contribution in [0.1, 0.15) is 34.3 Å². The van der Waals surface area contributed by atoms with E-state index in [9.17, 15) is 9.59 Å². The predicted octanol–water partition coefficient (Wildman–Crippen LogP) is 3.15. The Balaban J connectivity index is 1.56. The summed E-state index contributed by atoms with van der Waals surface area (Å²) in [7, 11) is 1.62. The Labute approximate surface area is 180 Å². The monoisotopic (exact) mass is 433 g/mol. The highest BCUT2D eigenvalue weighted by Crippen LogP contribution is 2.29. The summed E-state index contributed by atoms with van der Waals surface area (Å²) in [6.45, 7) is 5.39. The van der Waals surface area contributed by atoms with Crippen LogP contribution in [-0.2, 0) is 20.8 Å². The van der Waals surface area contributed by atoms with Crippen LogP contribution < -0.4 is 10.2 Å². The number of thiazole rings is 1. The molecule has 1 N–H and O–H groups in total. The van der Waals surface area contributed by atoms with E-state index in [4.69, 9.17) is 14.2 Å². The van der Waals surface area contributed by atoms with E-state index in [0.29, 0.717) is 31.8 Å². The van der Waals surface area contributed by atoms with Gasteiger partial charge in [-0.1, -0.05) is 30.3 Å². The zero-order valence-electron chi connectivity index (χ0n) is 17.4. The van der Waals surface area contributed by atoms with Gasteiger partial charge < -0.3 is 24.4 Å². The average molecular weight is 434 g/mol. The lowest BCUT2D eigenvalue weighted by atomic mass is 10.0. The first-order valence-electron chi connectivity index (χ1n) is 9.91. The zero-order valence-corrected chi connectivity index (χ0v) is 18.2. The number of esters is 1. The summed E-state index contributed by atoms with van der Waals surface area (Å²) in [6, 6.07) is 9.37. The number of carbonyl (C=O) groups is 2. The lowest BCUT2D eigenvalue weighted by Crippen LogP contribution is -2.55. The van der Waals surface area contributed by atoms with Crippen molar-refractivity contribution in [3.63, 3.8) is 0 Å². The minimum absolute atomic E-state index is 0.167. The average Bonchev–Trinajstić information content (AvgIpc) is 3.15. The molecule has 9 heteroatoms. The van der Waals surface area contributed by atoms with E-state index in [0.717, 1.165) is 15.6 Å². The number of ether oxygens (including phenoxy) is 3. The van der Waals surface area contributed by atoms with Gasteiger partial charge >= 0.3 is 12.1 Å². The Hall–Kier alpha value is -2.65. The highest BCUT2D eigenvalue weighted by Gasteiger charge is 2.32. The summed E-state index contributed by atoms with van der Waals surface area (Å²) in [5, 5.41) is 3.66. The van der Waals surface area contributed by atoms with E-state index in [-0.39, 0.29) is 18.8 Å². The van der Waals surface area contributed by atoms with Gasteiger partial charge in [0.15, 0.2) is 10.8 Å². The molecule has 8 nitrogen and oxygen atoms in total. The summed E-state index contributed by atoms with van der Waals surface area (Å²) >= 11 is 1.45. The number of aryl methyl sites for hydroxylation is 1. The molecule has 1 aromatic carbocycles. The molecule has 1 fully saturated rings. The smallest absolute Gasteiger partial charge is 0.407 e. The van der Waals surface area contributed by atoms with E-state index in [1.54, 1.807) is 14.0 Å². The van der Waals surface area contributed by atoms with E-state index >= 15 is 0 Å². The van der Waals surface area contributed by atoms with Crippen LogP contribution in [0.25, 0.3) is 0 Å². The molecule has 0 radical (unpaired) electrons. The number of hydrogen-bond donors (Lipinski definition) is 1. The lowest BCUT2D eigenvalue weighted by Gasteiger charge is -2.37. The summed E-state index contributed by atoms with van der Waals surface area (Å²) in [4.78, 5) is 31.6. The summed E-state index contributed by atoms with van der Waals surface area (Å²) in [5.41, 5.74) is 1.29. The highest BCUT2D eigenvalue weighted by atomic mass is 32.1. The minimum Gasteiger partial charge on any atom is -0.461 e. The van der Waals surface area contributed by atoms with Crippen LogP contribution in [-0.4, -0.2) is 56.0 Å². The molecule has 1 aromatic heterocycles. The number of nitrogens with one attached hydrogen (secondary N) is 1. The first kappa shape index (κ1) is 22.0. The van der Waals surface area contributed by atoms with Crippen LogP contribution >= 0.6 is 11.3 Å². The topological polar surface area (TPSA) is 90.0 Å². The van der Waals surface area contributed by atoms with Crippen molar-refractivity contribution in [1.29, 1.82) is 0 Å². The number of methoxy groups -OCH3 is 1. The summed E-state index contributed by atoms with van der Waals surface area (Å²) < 4.78 is 16.0. The minimum atomic E-state index is -0.464. The van der Waals surface area contributed by atoms with Crippen LogP contribution in [0.15, 0.2) is 30.3 Å². The van der Waals surface area contributed by atoms with Crippen molar-refractivity contribution in [2.75, 3.05) is 31.7 Å². The van der Waals surface area contributed by atoms with Gasteiger partial charge in [-0.15, -0.1) is 11.3 Å². The number of anilines is 1. The number of nitrogens with zero attached hydrogens (tertiary/aromatic N) is 2. The Morgan fingerprint density at radius 1 is 1.27 bits per heavy atom. The molecule has 0 spiro atoms. The van der Waals surface area contributed by atoms with Crippen molar-refractivity contribution < 1.29 is 23.8 Å². The molecule has 1 saturated heterocycles. The molecular weight excluding hydrogens is 406 g/mol. The Morgan fingerprint density at radius 3 is 2.73 bits per heavy atom. The van der Waals surface area contributed by atoms with Gasteiger partial charge in [0.1, 0.15) is 6.61 Å². The van der Waals surface area contributed by atoms with Crippen LogP contribution in [0, 0.1) is 6.92 Å². The molecule has 0 aliphatic carbocycles. The van der Waals surface area contributed by atoms with Gasteiger partial charge in [0.25, 0.3) is 0 Å². The fourth-order valence-electron chi connectivity index (χ4n) is 3.32. The maximum atomic E-state index is 12.2. The molecule has 1 amide bonds. The van der Waals surface area contributed by atoms with Gasteiger partial charge in [0, 0.05) is 25.1 Å². The van der Waals surface area contributed by atoms with Crippen LogP contribution in [0.5, 0.6) is 0 Å². The van der Waals surface area contributed by atoms with Crippen molar-refractivity contribution in [3.05, 3.63) is 46.5 Å². The standard InChI is InChI=1S/C21H27N3O5S/c1-4-28-19(25)18-14(2)30-20(23-18)24-11-10-16(17(12-24)27-3)22-21(26)29-13-15-8-6-5-7-9-15/h5-9,16-17H,4,10-13H2,1-3H3,(H,22,26)/t16-,17+/m0/s1. The van der Waals surface area contributed by atoms with E-state index < -0.39 is 12.1 Å². The molecule has 1 aliphatic rings. The molecule has 3 rings (SSSR count). The molecule has 1 aliphatic heterocycles. The fraction of sp³-hybridized carbons (Fsp3) is 0.476. The number of alkyl carbamates (subject to hydrolysis) is 1. The van der Waals surface area contributed by atoms with Gasteiger partial charge in [0.2, 0.25) is 0 Å². The molecule has 2 heterocycles. The molecular formula is C21H27N3O5S. The normalized spacial score (nSPS) is 18.7. The fourth-order valence-corrected chi connectivity index (χ4v) is 4.25. The van der Waals surface area contributed by atoms with Gasteiger partial charge in [-0.05, 0) is 25.8 Å². The highest BCUT2D eigenvalue weighted by molar-refractivity contribution is 7.15. The number of benzene rings is 1.